The third-order valence-corrected chi connectivity index (χ3v) is 9.35. The van der Waals surface area contributed by atoms with Crippen molar-refractivity contribution < 1.29 is 4.42 Å². The maximum atomic E-state index is 5.83. The van der Waals surface area contributed by atoms with Crippen molar-refractivity contribution in [1.29, 1.82) is 0 Å². The molecule has 0 unspecified atom stereocenters. The maximum absolute atomic E-state index is 5.83. The average molecular weight is 652 g/mol. The highest BCUT2D eigenvalue weighted by molar-refractivity contribution is 6.03. The van der Waals surface area contributed by atoms with E-state index in [1.165, 1.54) is 39.0 Å². The first-order valence-electron chi connectivity index (χ1n) is 17.3. The van der Waals surface area contributed by atoms with Gasteiger partial charge in [0.05, 0.1) is 0 Å². The van der Waals surface area contributed by atoms with Crippen molar-refractivity contribution in [3.05, 3.63) is 189 Å². The van der Waals surface area contributed by atoms with Gasteiger partial charge in [-0.05, 0) is 114 Å². The van der Waals surface area contributed by atoms with Gasteiger partial charge in [0.15, 0.2) is 0 Å². The molecule has 4 aromatic carbocycles. The molecule has 0 saturated carbocycles. The van der Waals surface area contributed by atoms with E-state index < -0.39 is 0 Å². The summed E-state index contributed by atoms with van der Waals surface area (Å²) in [7, 11) is 1.95. The fraction of sp³-hybridized carbons (Fsp3) is 0.125. The fourth-order valence-corrected chi connectivity index (χ4v) is 6.66. The number of likely N-dealkylation sites (N-methyl/N-ethyl adjacent to an activating group) is 1. The molecule has 0 aliphatic heterocycles. The Labute approximate surface area is 296 Å². The Balaban J connectivity index is 1.22. The van der Waals surface area contributed by atoms with E-state index in [1.54, 1.807) is 0 Å². The lowest BCUT2D eigenvalue weighted by Crippen LogP contribution is -2.17. The zero-order valence-electron chi connectivity index (χ0n) is 29.6. The Morgan fingerprint density at radius 1 is 0.840 bits per heavy atom. The van der Waals surface area contributed by atoms with Gasteiger partial charge in [0.1, 0.15) is 11.0 Å². The number of allylic oxidation sites excluding steroid dienone is 9. The molecule has 0 radical (unpaired) electrons. The van der Waals surface area contributed by atoms with Crippen molar-refractivity contribution >= 4 is 46.9 Å². The van der Waals surface area contributed by atoms with E-state index in [0.717, 1.165) is 57.0 Å². The van der Waals surface area contributed by atoms with Gasteiger partial charge in [-0.15, -0.1) is 0 Å². The number of para-hydroxylation sites is 1. The van der Waals surface area contributed by atoms with E-state index in [-0.39, 0.29) is 0 Å². The van der Waals surface area contributed by atoms with Crippen LogP contribution in [-0.4, -0.2) is 7.05 Å². The molecule has 0 fully saturated rings. The number of hydrogen-bond acceptors (Lipinski definition) is 2. The molecule has 0 bridgehead atoms. The maximum Gasteiger partial charge on any atom is 0.135 e. The van der Waals surface area contributed by atoms with E-state index in [4.69, 9.17) is 4.42 Å². The lowest BCUT2D eigenvalue weighted by Gasteiger charge is -2.11. The minimum Gasteiger partial charge on any atom is -0.457 e. The van der Waals surface area contributed by atoms with Crippen molar-refractivity contribution in [3.8, 4) is 11.1 Å². The highest BCUT2D eigenvalue weighted by atomic mass is 16.3. The van der Waals surface area contributed by atoms with Crippen LogP contribution in [0.5, 0.6) is 0 Å². The minimum atomic E-state index is 0.672. The number of fused-ring (bicyclic) bond motifs is 4. The van der Waals surface area contributed by atoms with Crippen LogP contribution in [0.4, 0.5) is 0 Å². The van der Waals surface area contributed by atoms with Gasteiger partial charge >= 0.3 is 0 Å². The SMILES string of the molecule is C=C(/C=C\C(=C\c1ccccc1/C=C\C=c1/c(=C)oc2ccccc12)NC)c1ccc2c(c1)/C(=C/C)c1c(CC/C(C)=C/C=C\C)cccc1-2. The Kier molecular flexibility index (Phi) is 10.6. The van der Waals surface area contributed by atoms with Gasteiger partial charge < -0.3 is 9.73 Å². The minimum absolute atomic E-state index is 0.672. The number of hydrogen-bond donors (Lipinski definition) is 1. The second-order valence-corrected chi connectivity index (χ2v) is 12.6. The molecule has 1 aromatic heterocycles. The van der Waals surface area contributed by atoms with Crippen LogP contribution in [0, 0.1) is 0 Å². The molecule has 248 valence electrons. The fourth-order valence-electron chi connectivity index (χ4n) is 6.66. The number of benzene rings is 4. The molecule has 1 N–H and O–H groups in total. The molecule has 1 aliphatic rings. The number of furan rings is 1. The number of rotatable bonds is 11. The van der Waals surface area contributed by atoms with Gasteiger partial charge in [-0.1, -0.05) is 140 Å². The predicted molar refractivity (Wildman–Crippen MR) is 218 cm³/mol. The lowest BCUT2D eigenvalue weighted by molar-refractivity contribution is 0.577. The second-order valence-electron chi connectivity index (χ2n) is 12.6. The third kappa shape index (κ3) is 7.26. The van der Waals surface area contributed by atoms with E-state index in [9.17, 15) is 0 Å². The molecule has 5 aromatic rings. The molecule has 1 heterocycles. The summed E-state index contributed by atoms with van der Waals surface area (Å²) in [6.07, 6.45) is 23.4. The van der Waals surface area contributed by atoms with Crippen LogP contribution in [0.15, 0.2) is 150 Å². The lowest BCUT2D eigenvalue weighted by atomic mass is 9.94. The molecule has 6 rings (SSSR count). The first kappa shape index (κ1) is 34.0. The Morgan fingerprint density at radius 2 is 1.64 bits per heavy atom. The molecule has 1 aliphatic carbocycles. The van der Waals surface area contributed by atoms with Gasteiger partial charge in [-0.2, -0.15) is 0 Å². The summed E-state index contributed by atoms with van der Waals surface area (Å²) in [5.41, 5.74) is 16.2. The molecule has 0 amide bonds. The highest BCUT2D eigenvalue weighted by Crippen LogP contribution is 2.47. The quantitative estimate of drug-likeness (QED) is 0.141. The molecule has 2 heteroatoms. The Hall–Kier alpha value is -5.86. The Morgan fingerprint density at radius 3 is 2.44 bits per heavy atom. The van der Waals surface area contributed by atoms with Gasteiger partial charge in [0.25, 0.3) is 0 Å². The summed E-state index contributed by atoms with van der Waals surface area (Å²) >= 11 is 0. The van der Waals surface area contributed by atoms with Crippen LogP contribution in [0.25, 0.3) is 58.0 Å². The Bertz CT molecular complexity index is 2370. The van der Waals surface area contributed by atoms with E-state index >= 15 is 0 Å². The molecule has 0 saturated heterocycles. The van der Waals surface area contributed by atoms with Crippen LogP contribution in [0.3, 0.4) is 0 Å². The monoisotopic (exact) mass is 651 g/mol. The van der Waals surface area contributed by atoms with Crippen LogP contribution >= 0.6 is 0 Å². The normalized spacial score (nSPS) is 14.5. The zero-order chi connectivity index (χ0) is 35.0. The summed E-state index contributed by atoms with van der Waals surface area (Å²) in [5.74, 6) is 0. The van der Waals surface area contributed by atoms with Gasteiger partial charge in [0.2, 0.25) is 0 Å². The summed E-state index contributed by atoms with van der Waals surface area (Å²) in [4.78, 5) is 0. The largest absolute Gasteiger partial charge is 0.457 e. The third-order valence-electron chi connectivity index (χ3n) is 9.35. The summed E-state index contributed by atoms with van der Waals surface area (Å²) < 4.78 is 5.83. The summed E-state index contributed by atoms with van der Waals surface area (Å²) in [5, 5.41) is 5.43. The van der Waals surface area contributed by atoms with Crippen LogP contribution in [0.2, 0.25) is 0 Å². The molecule has 0 spiro atoms. The smallest absolute Gasteiger partial charge is 0.135 e. The summed E-state index contributed by atoms with van der Waals surface area (Å²) in [6, 6.07) is 29.9. The van der Waals surface area contributed by atoms with Crippen molar-refractivity contribution in [3.63, 3.8) is 0 Å². The predicted octanol–water partition coefficient (Wildman–Crippen LogP) is 11.1. The van der Waals surface area contributed by atoms with Gasteiger partial charge in [-0.3, -0.25) is 0 Å². The molecule has 50 heavy (non-hydrogen) atoms. The van der Waals surface area contributed by atoms with E-state index in [2.05, 4.69) is 167 Å². The van der Waals surface area contributed by atoms with Crippen LogP contribution in [-0.2, 0) is 6.42 Å². The van der Waals surface area contributed by atoms with Gasteiger partial charge in [0, 0.05) is 23.3 Å². The first-order chi connectivity index (χ1) is 24.4. The average Bonchev–Trinajstić information content (AvgIpc) is 3.64. The molecule has 2 nitrogen and oxygen atoms in total. The first-order valence-corrected chi connectivity index (χ1v) is 17.3. The van der Waals surface area contributed by atoms with E-state index in [1.807, 2.05) is 25.2 Å². The van der Waals surface area contributed by atoms with E-state index in [0.29, 0.717) is 5.42 Å². The van der Waals surface area contributed by atoms with Crippen molar-refractivity contribution in [1.82, 2.24) is 5.32 Å². The number of aryl methyl sites for hydroxylation is 1. The van der Waals surface area contributed by atoms with Crippen LogP contribution < -0.4 is 16.0 Å². The standard InChI is InChI=1S/C48H45NO/c1-7-9-16-33(3)25-27-37-20-15-23-45-43-30-28-38(32-46(43)41(8-2)48(37)45)34(4)26-29-40(49-6)31-39-18-11-10-17-36(39)19-14-22-42-35(5)50-47-24-13-12-21-44(42)47/h7-24,26,28-32,49H,4-5,25,27H2,1-3,6H3/b9-7-,19-14-,29-26-,33-16+,40-31-,41-8-,42-22+. The van der Waals surface area contributed by atoms with Crippen molar-refractivity contribution in [2.75, 3.05) is 7.05 Å². The number of nitrogens with one attached hydrogen (secondary N) is 1. The molecule has 0 atom stereocenters. The summed E-state index contributed by atoms with van der Waals surface area (Å²) in [6.45, 7) is 15.0. The van der Waals surface area contributed by atoms with Crippen molar-refractivity contribution in [2.45, 2.75) is 33.6 Å². The zero-order valence-corrected chi connectivity index (χ0v) is 29.6. The van der Waals surface area contributed by atoms with Gasteiger partial charge in [-0.25, -0.2) is 0 Å². The molecular weight excluding hydrogens is 607 g/mol. The van der Waals surface area contributed by atoms with Crippen molar-refractivity contribution in [2.24, 2.45) is 0 Å². The topological polar surface area (TPSA) is 25.2 Å². The molecular formula is C48H45NO. The second kappa shape index (κ2) is 15.6. The highest BCUT2D eigenvalue weighted by Gasteiger charge is 2.25. The van der Waals surface area contributed by atoms with Crippen LogP contribution in [0.1, 0.15) is 60.6 Å².